The minimum Gasteiger partial charge on any atom is -0.312 e. The summed E-state index contributed by atoms with van der Waals surface area (Å²) in [6.45, 7) is 3.27. The summed E-state index contributed by atoms with van der Waals surface area (Å²) in [7, 11) is 0. The van der Waals surface area contributed by atoms with Gasteiger partial charge in [0.15, 0.2) is 0 Å². The second-order valence-electron chi connectivity index (χ2n) is 6.48. The standard InChI is InChI=1S/C18H19FN2O/c19-16-5-2-1-4-14(16)11-20-9-13-8-15(12-20)17-6-3-7-18(22)21(17)10-13/h1-7,13,15H,8-12H2/t13-,15-/m0/s1. The Kier molecular flexibility index (Phi) is 3.34. The van der Waals surface area contributed by atoms with Crippen molar-refractivity contribution in [3.63, 3.8) is 0 Å². The van der Waals surface area contributed by atoms with Gasteiger partial charge in [-0.2, -0.15) is 0 Å². The minimum atomic E-state index is -0.130. The first-order valence-electron chi connectivity index (χ1n) is 7.86. The molecule has 2 atom stereocenters. The monoisotopic (exact) mass is 298 g/mol. The third-order valence-electron chi connectivity index (χ3n) is 4.91. The lowest BCUT2D eigenvalue weighted by molar-refractivity contribution is 0.113. The first-order chi connectivity index (χ1) is 10.7. The number of piperidine rings is 1. The summed E-state index contributed by atoms with van der Waals surface area (Å²) in [5.74, 6) is 0.737. The summed E-state index contributed by atoms with van der Waals surface area (Å²) < 4.78 is 15.8. The Hall–Kier alpha value is -1.94. The number of hydrogen-bond acceptors (Lipinski definition) is 2. The third kappa shape index (κ3) is 2.37. The maximum atomic E-state index is 13.9. The molecule has 2 aliphatic rings. The van der Waals surface area contributed by atoms with Gasteiger partial charge >= 0.3 is 0 Å². The molecule has 0 unspecified atom stereocenters. The van der Waals surface area contributed by atoms with Crippen molar-refractivity contribution >= 4 is 0 Å². The van der Waals surface area contributed by atoms with Crippen molar-refractivity contribution < 1.29 is 4.39 Å². The summed E-state index contributed by atoms with van der Waals surface area (Å²) in [5.41, 5.74) is 2.00. The molecular formula is C18H19FN2O. The van der Waals surface area contributed by atoms with Crippen LogP contribution in [0.15, 0.2) is 47.3 Å². The molecular weight excluding hydrogens is 279 g/mol. The van der Waals surface area contributed by atoms with Gasteiger partial charge in [0.2, 0.25) is 0 Å². The highest BCUT2D eigenvalue weighted by molar-refractivity contribution is 5.19. The maximum absolute atomic E-state index is 13.9. The lowest BCUT2D eigenvalue weighted by Crippen LogP contribution is -2.46. The number of aromatic nitrogens is 1. The summed E-state index contributed by atoms with van der Waals surface area (Å²) >= 11 is 0. The summed E-state index contributed by atoms with van der Waals surface area (Å²) in [6, 6.07) is 12.6. The Morgan fingerprint density at radius 2 is 1.91 bits per heavy atom. The van der Waals surface area contributed by atoms with Crippen molar-refractivity contribution in [2.24, 2.45) is 5.92 Å². The lowest BCUT2D eigenvalue weighted by atomic mass is 9.83. The zero-order valence-corrected chi connectivity index (χ0v) is 12.4. The van der Waals surface area contributed by atoms with Crippen molar-refractivity contribution in [3.05, 3.63) is 69.9 Å². The highest BCUT2D eigenvalue weighted by Gasteiger charge is 2.34. The molecule has 0 amide bonds. The molecule has 3 nitrogen and oxygen atoms in total. The number of nitrogens with zero attached hydrogens (tertiary/aromatic N) is 2. The Balaban J connectivity index is 1.59. The topological polar surface area (TPSA) is 25.2 Å². The Morgan fingerprint density at radius 3 is 2.77 bits per heavy atom. The molecule has 1 fully saturated rings. The van der Waals surface area contributed by atoms with Crippen LogP contribution in [0.3, 0.4) is 0 Å². The van der Waals surface area contributed by atoms with E-state index in [4.69, 9.17) is 0 Å². The second kappa shape index (κ2) is 5.36. The molecule has 2 aliphatic heterocycles. The summed E-state index contributed by atoms with van der Waals surface area (Å²) in [6.07, 6.45) is 1.14. The predicted octanol–water partition coefficient (Wildman–Crippen LogP) is 2.61. The molecule has 3 heterocycles. The fraction of sp³-hybridized carbons (Fsp3) is 0.389. The molecule has 2 bridgehead atoms. The van der Waals surface area contributed by atoms with Crippen LogP contribution in [0.4, 0.5) is 4.39 Å². The fourth-order valence-corrected chi connectivity index (χ4v) is 3.99. The average molecular weight is 298 g/mol. The van der Waals surface area contributed by atoms with E-state index in [9.17, 15) is 9.18 Å². The van der Waals surface area contributed by atoms with Gasteiger partial charge in [-0.25, -0.2) is 4.39 Å². The van der Waals surface area contributed by atoms with E-state index in [0.717, 1.165) is 37.3 Å². The molecule has 1 saturated heterocycles. The summed E-state index contributed by atoms with van der Waals surface area (Å²) in [5, 5.41) is 0. The molecule has 0 saturated carbocycles. The Labute approximate surface area is 129 Å². The van der Waals surface area contributed by atoms with Crippen LogP contribution in [0.25, 0.3) is 0 Å². The van der Waals surface area contributed by atoms with Crippen LogP contribution in [-0.2, 0) is 13.1 Å². The van der Waals surface area contributed by atoms with E-state index in [-0.39, 0.29) is 11.4 Å². The highest BCUT2D eigenvalue weighted by atomic mass is 19.1. The molecule has 1 aromatic heterocycles. The predicted molar refractivity (Wildman–Crippen MR) is 83.2 cm³/mol. The van der Waals surface area contributed by atoms with Gasteiger partial charge in [-0.3, -0.25) is 9.69 Å². The van der Waals surface area contributed by atoms with Gasteiger partial charge in [0.1, 0.15) is 5.82 Å². The number of benzene rings is 1. The smallest absolute Gasteiger partial charge is 0.250 e. The Bertz CT molecular complexity index is 755. The van der Waals surface area contributed by atoms with E-state index >= 15 is 0 Å². The van der Waals surface area contributed by atoms with Gasteiger partial charge in [0.05, 0.1) is 0 Å². The molecule has 22 heavy (non-hydrogen) atoms. The van der Waals surface area contributed by atoms with Crippen molar-refractivity contribution in [1.29, 1.82) is 0 Å². The van der Waals surface area contributed by atoms with Gasteiger partial charge < -0.3 is 4.57 Å². The highest BCUT2D eigenvalue weighted by Crippen LogP contribution is 2.35. The van der Waals surface area contributed by atoms with E-state index in [1.54, 1.807) is 12.1 Å². The normalized spacial score (nSPS) is 24.0. The van der Waals surface area contributed by atoms with Gasteiger partial charge in [0, 0.05) is 49.4 Å². The van der Waals surface area contributed by atoms with Crippen molar-refractivity contribution in [3.8, 4) is 0 Å². The van der Waals surface area contributed by atoms with E-state index in [1.807, 2.05) is 22.8 Å². The number of pyridine rings is 1. The first kappa shape index (κ1) is 13.7. The van der Waals surface area contributed by atoms with E-state index in [2.05, 4.69) is 11.0 Å². The number of fused-ring (bicyclic) bond motifs is 4. The maximum Gasteiger partial charge on any atom is 0.250 e. The molecule has 1 aromatic carbocycles. The van der Waals surface area contributed by atoms with Crippen LogP contribution >= 0.6 is 0 Å². The number of likely N-dealkylation sites (tertiary alicyclic amines) is 1. The zero-order chi connectivity index (χ0) is 15.1. The van der Waals surface area contributed by atoms with Gasteiger partial charge in [-0.1, -0.05) is 24.3 Å². The lowest BCUT2D eigenvalue weighted by Gasteiger charge is -2.42. The molecule has 114 valence electrons. The largest absolute Gasteiger partial charge is 0.312 e. The van der Waals surface area contributed by atoms with E-state index < -0.39 is 0 Å². The van der Waals surface area contributed by atoms with Crippen LogP contribution in [0.2, 0.25) is 0 Å². The average Bonchev–Trinajstić information content (AvgIpc) is 2.51. The molecule has 0 aliphatic carbocycles. The number of hydrogen-bond donors (Lipinski definition) is 0. The van der Waals surface area contributed by atoms with Crippen LogP contribution in [0, 0.1) is 11.7 Å². The van der Waals surface area contributed by atoms with E-state index in [1.165, 1.54) is 6.07 Å². The minimum absolute atomic E-state index is 0.106. The molecule has 0 spiro atoms. The van der Waals surface area contributed by atoms with Gasteiger partial charge in [-0.05, 0) is 24.5 Å². The molecule has 0 radical (unpaired) electrons. The molecule has 4 rings (SSSR count). The number of rotatable bonds is 2. The summed E-state index contributed by atoms with van der Waals surface area (Å²) in [4.78, 5) is 14.3. The molecule has 0 N–H and O–H groups in total. The van der Waals surface area contributed by atoms with Gasteiger partial charge in [0.25, 0.3) is 5.56 Å². The third-order valence-corrected chi connectivity index (χ3v) is 4.91. The zero-order valence-electron chi connectivity index (χ0n) is 12.4. The van der Waals surface area contributed by atoms with Crippen LogP contribution in [-0.4, -0.2) is 22.6 Å². The van der Waals surface area contributed by atoms with Crippen molar-refractivity contribution in [1.82, 2.24) is 9.47 Å². The molecule has 2 aromatic rings. The van der Waals surface area contributed by atoms with Gasteiger partial charge in [-0.15, -0.1) is 0 Å². The SMILES string of the molecule is O=c1cccc2n1C[C@H]1C[C@H]2CN(Cc2ccccc2F)C1. The second-order valence-corrected chi connectivity index (χ2v) is 6.48. The van der Waals surface area contributed by atoms with E-state index in [0.29, 0.717) is 18.4 Å². The van der Waals surface area contributed by atoms with Crippen molar-refractivity contribution in [2.75, 3.05) is 13.1 Å². The quantitative estimate of drug-likeness (QED) is 0.851. The first-order valence-corrected chi connectivity index (χ1v) is 7.86. The van der Waals surface area contributed by atoms with Crippen molar-refractivity contribution in [2.45, 2.75) is 25.4 Å². The fourth-order valence-electron chi connectivity index (χ4n) is 3.99. The van der Waals surface area contributed by atoms with Crippen LogP contribution < -0.4 is 5.56 Å². The Morgan fingerprint density at radius 1 is 1.05 bits per heavy atom. The molecule has 4 heteroatoms. The number of halogens is 1. The van der Waals surface area contributed by atoms with Crippen LogP contribution in [0.5, 0.6) is 0 Å². The van der Waals surface area contributed by atoms with Crippen LogP contribution in [0.1, 0.15) is 23.6 Å².